The molecule has 1 aliphatic rings. The Bertz CT molecular complexity index is 638. The zero-order chi connectivity index (χ0) is 15.8. The Balaban J connectivity index is 2.59. The van der Waals surface area contributed by atoms with Crippen LogP contribution in [0.3, 0.4) is 0 Å². The van der Waals surface area contributed by atoms with Gasteiger partial charge in [0.2, 0.25) is 0 Å². The third-order valence-corrected chi connectivity index (χ3v) is 4.88. The number of ether oxygens (including phenoxy) is 1. The molecule has 1 aromatic rings. The van der Waals surface area contributed by atoms with E-state index < -0.39 is 26.3 Å². The quantitative estimate of drug-likeness (QED) is 0.925. The molecule has 21 heavy (non-hydrogen) atoms. The lowest BCUT2D eigenvalue weighted by atomic mass is 10.1. The third kappa shape index (κ3) is 2.74. The summed E-state index contributed by atoms with van der Waals surface area (Å²) in [4.78, 5) is -0.876. The molecule has 4 nitrogen and oxygen atoms in total. The van der Waals surface area contributed by atoms with Crippen molar-refractivity contribution in [1.29, 1.82) is 0 Å². The number of aliphatic hydroxyl groups excluding tert-OH is 1. The maximum absolute atomic E-state index is 12.7. The van der Waals surface area contributed by atoms with Crippen molar-refractivity contribution in [1.82, 2.24) is 0 Å². The molecule has 0 heterocycles. The molecule has 1 aromatic carbocycles. The largest absolute Gasteiger partial charge is 0.501 e. The van der Waals surface area contributed by atoms with E-state index in [0.29, 0.717) is 24.3 Å². The van der Waals surface area contributed by atoms with E-state index in [0.717, 1.165) is 6.07 Å². The molecule has 0 saturated heterocycles. The molecule has 0 aromatic heterocycles. The van der Waals surface area contributed by atoms with E-state index in [2.05, 4.69) is 0 Å². The lowest BCUT2D eigenvalue weighted by molar-refractivity contribution is -0.0437. The predicted molar refractivity (Wildman–Crippen MR) is 68.7 cm³/mol. The van der Waals surface area contributed by atoms with E-state index in [9.17, 15) is 26.7 Å². The van der Waals surface area contributed by atoms with Crippen LogP contribution in [0.5, 0.6) is 5.75 Å². The zero-order valence-electron chi connectivity index (χ0n) is 11.3. The SMILES string of the molecule is CCCOc1ccc(S(=O)(=O)C(F)(F)F)c2c1CCC2O. The highest BCUT2D eigenvalue weighted by atomic mass is 32.2. The maximum Gasteiger partial charge on any atom is 0.501 e. The average Bonchev–Trinajstić information content (AvgIpc) is 2.77. The summed E-state index contributed by atoms with van der Waals surface area (Å²) in [6.07, 6.45) is -0.0453. The van der Waals surface area contributed by atoms with Gasteiger partial charge < -0.3 is 9.84 Å². The van der Waals surface area contributed by atoms with Gasteiger partial charge >= 0.3 is 5.51 Å². The lowest BCUT2D eigenvalue weighted by Crippen LogP contribution is -2.25. The van der Waals surface area contributed by atoms with Gasteiger partial charge in [-0.3, -0.25) is 0 Å². The molecule has 0 fully saturated rings. The second-order valence-electron chi connectivity index (χ2n) is 4.81. The molecule has 0 radical (unpaired) electrons. The van der Waals surface area contributed by atoms with Crippen LogP contribution >= 0.6 is 0 Å². The van der Waals surface area contributed by atoms with Crippen LogP contribution in [0.25, 0.3) is 0 Å². The summed E-state index contributed by atoms with van der Waals surface area (Å²) in [5.41, 5.74) is -5.23. The fourth-order valence-corrected chi connectivity index (χ4v) is 3.42. The number of hydrogen-bond donors (Lipinski definition) is 1. The van der Waals surface area contributed by atoms with Crippen LogP contribution in [-0.2, 0) is 16.3 Å². The Morgan fingerprint density at radius 3 is 2.62 bits per heavy atom. The van der Waals surface area contributed by atoms with Gasteiger partial charge in [-0.1, -0.05) is 6.92 Å². The van der Waals surface area contributed by atoms with Crippen molar-refractivity contribution < 1.29 is 31.4 Å². The highest BCUT2D eigenvalue weighted by molar-refractivity contribution is 7.92. The van der Waals surface area contributed by atoms with Gasteiger partial charge in [0.25, 0.3) is 9.84 Å². The molecular weight excluding hydrogens is 309 g/mol. The van der Waals surface area contributed by atoms with Gasteiger partial charge in [0, 0.05) is 11.1 Å². The standard InChI is InChI=1S/C13H15F3O4S/c1-2-7-20-10-5-6-11(21(18,19)13(14,15)16)12-8(10)3-4-9(12)17/h5-6,9,17H,2-4,7H2,1H3. The number of alkyl halides is 3. The van der Waals surface area contributed by atoms with Gasteiger partial charge in [-0.2, -0.15) is 13.2 Å². The fraction of sp³-hybridized carbons (Fsp3) is 0.538. The molecule has 0 spiro atoms. The van der Waals surface area contributed by atoms with Crippen molar-refractivity contribution in [2.45, 2.75) is 42.7 Å². The number of benzene rings is 1. The van der Waals surface area contributed by atoms with Gasteiger partial charge in [0.15, 0.2) is 0 Å². The minimum Gasteiger partial charge on any atom is -0.493 e. The first kappa shape index (κ1) is 16.1. The second-order valence-corrected chi connectivity index (χ2v) is 6.72. The normalized spacial score (nSPS) is 18.6. The van der Waals surface area contributed by atoms with E-state index in [1.54, 1.807) is 0 Å². The summed E-state index contributed by atoms with van der Waals surface area (Å²) >= 11 is 0. The van der Waals surface area contributed by atoms with Crippen LogP contribution in [-0.4, -0.2) is 25.6 Å². The molecule has 1 N–H and O–H groups in total. The number of aliphatic hydroxyl groups is 1. The van der Waals surface area contributed by atoms with Crippen LogP contribution in [0.4, 0.5) is 13.2 Å². The molecule has 1 atom stereocenters. The molecular formula is C13H15F3O4S. The molecule has 2 rings (SSSR count). The maximum atomic E-state index is 12.7. The number of rotatable bonds is 4. The van der Waals surface area contributed by atoms with Crippen LogP contribution in [0.15, 0.2) is 17.0 Å². The lowest BCUT2D eigenvalue weighted by Gasteiger charge is -2.16. The highest BCUT2D eigenvalue weighted by Crippen LogP contribution is 2.44. The number of fused-ring (bicyclic) bond motifs is 1. The molecule has 0 bridgehead atoms. The molecule has 0 aliphatic heterocycles. The second kappa shape index (κ2) is 5.49. The predicted octanol–water partition coefficient (Wildman–Crippen LogP) is 2.75. The summed E-state index contributed by atoms with van der Waals surface area (Å²) < 4.78 is 66.8. The van der Waals surface area contributed by atoms with E-state index in [-0.39, 0.29) is 18.4 Å². The van der Waals surface area contributed by atoms with Crippen LogP contribution in [0.2, 0.25) is 0 Å². The van der Waals surface area contributed by atoms with E-state index in [1.807, 2.05) is 6.92 Å². The summed E-state index contributed by atoms with van der Waals surface area (Å²) in [5, 5.41) is 9.85. The van der Waals surface area contributed by atoms with Crippen molar-refractivity contribution >= 4 is 9.84 Å². The Kier molecular flexibility index (Phi) is 4.21. The van der Waals surface area contributed by atoms with Gasteiger partial charge in [0.05, 0.1) is 17.6 Å². The summed E-state index contributed by atoms with van der Waals surface area (Å²) in [5.74, 6) is 0.338. The molecule has 0 amide bonds. The van der Waals surface area contributed by atoms with Crippen molar-refractivity contribution in [3.05, 3.63) is 23.3 Å². The summed E-state index contributed by atoms with van der Waals surface area (Å²) in [6, 6.07) is 2.09. The minimum atomic E-state index is -5.49. The van der Waals surface area contributed by atoms with Crippen molar-refractivity contribution in [2.24, 2.45) is 0 Å². The van der Waals surface area contributed by atoms with Gasteiger partial charge in [-0.15, -0.1) is 0 Å². The Morgan fingerprint density at radius 2 is 2.05 bits per heavy atom. The minimum absolute atomic E-state index is 0.180. The van der Waals surface area contributed by atoms with Gasteiger partial charge in [-0.05, 0) is 31.4 Å². The van der Waals surface area contributed by atoms with Crippen molar-refractivity contribution in [3.63, 3.8) is 0 Å². The van der Waals surface area contributed by atoms with Crippen LogP contribution < -0.4 is 4.74 Å². The van der Waals surface area contributed by atoms with Gasteiger partial charge in [-0.25, -0.2) is 8.42 Å². The smallest absolute Gasteiger partial charge is 0.493 e. The summed E-state index contributed by atoms with van der Waals surface area (Å²) in [7, 11) is -5.49. The molecule has 1 aliphatic carbocycles. The monoisotopic (exact) mass is 324 g/mol. The van der Waals surface area contributed by atoms with Gasteiger partial charge in [0.1, 0.15) is 5.75 Å². The summed E-state index contributed by atoms with van der Waals surface area (Å²) in [6.45, 7) is 2.24. The first-order valence-electron chi connectivity index (χ1n) is 6.48. The van der Waals surface area contributed by atoms with Crippen LogP contribution in [0, 0.1) is 0 Å². The third-order valence-electron chi connectivity index (χ3n) is 3.33. The van der Waals surface area contributed by atoms with E-state index in [1.165, 1.54) is 6.07 Å². The Hall–Kier alpha value is -1.28. The number of halogens is 3. The molecule has 1 unspecified atom stereocenters. The molecule has 8 heteroatoms. The van der Waals surface area contributed by atoms with Crippen molar-refractivity contribution in [3.8, 4) is 5.75 Å². The number of sulfone groups is 1. The Morgan fingerprint density at radius 1 is 1.38 bits per heavy atom. The van der Waals surface area contributed by atoms with Crippen LogP contribution in [0.1, 0.15) is 37.0 Å². The highest BCUT2D eigenvalue weighted by Gasteiger charge is 2.49. The molecule has 0 saturated carbocycles. The Labute approximate surface area is 120 Å². The first-order chi connectivity index (χ1) is 9.70. The average molecular weight is 324 g/mol. The number of hydrogen-bond acceptors (Lipinski definition) is 4. The van der Waals surface area contributed by atoms with E-state index in [4.69, 9.17) is 4.74 Å². The zero-order valence-corrected chi connectivity index (χ0v) is 12.1. The van der Waals surface area contributed by atoms with Crippen molar-refractivity contribution in [2.75, 3.05) is 6.61 Å². The fourth-order valence-electron chi connectivity index (χ4n) is 2.38. The first-order valence-corrected chi connectivity index (χ1v) is 7.96. The topological polar surface area (TPSA) is 63.6 Å². The van der Waals surface area contributed by atoms with E-state index >= 15 is 0 Å². The molecule has 118 valence electrons.